The van der Waals surface area contributed by atoms with Gasteiger partial charge in [-0.3, -0.25) is 4.79 Å². The predicted molar refractivity (Wildman–Crippen MR) is 55.4 cm³/mol. The van der Waals surface area contributed by atoms with E-state index in [1.54, 1.807) is 0 Å². The molecule has 1 aliphatic rings. The first-order valence-electron chi connectivity index (χ1n) is 5.10. The van der Waals surface area contributed by atoms with Gasteiger partial charge in [-0.15, -0.1) is 0 Å². The first-order chi connectivity index (χ1) is 7.10. The molecule has 6 heteroatoms. The number of hydrogen-bond acceptors (Lipinski definition) is 3. The zero-order valence-electron chi connectivity index (χ0n) is 8.81. The van der Waals surface area contributed by atoms with Crippen molar-refractivity contribution < 1.29 is 9.90 Å². The largest absolute Gasteiger partial charge is 0.480 e. The van der Waals surface area contributed by atoms with Crippen LogP contribution >= 0.6 is 0 Å². The normalized spacial score (nSPS) is 29.0. The topological polar surface area (TPSA) is 98.1 Å². The smallest absolute Gasteiger partial charge is 0.323 e. The SMILES string of the molecule is CC1CC(NCCCN=[N+]=[N-])(C(=O)O)C1. The number of hydrogen-bond donors (Lipinski definition) is 2. The Balaban J connectivity index is 2.28. The molecule has 0 amide bonds. The zero-order valence-corrected chi connectivity index (χ0v) is 8.81. The number of carbonyl (C=O) groups is 1. The molecule has 6 nitrogen and oxygen atoms in total. The van der Waals surface area contributed by atoms with E-state index in [0.717, 1.165) is 0 Å². The molecule has 84 valence electrons. The fourth-order valence-corrected chi connectivity index (χ4v) is 2.05. The van der Waals surface area contributed by atoms with E-state index in [1.807, 2.05) is 6.92 Å². The Labute approximate surface area is 88.3 Å². The number of nitrogens with zero attached hydrogens (tertiary/aromatic N) is 3. The number of carboxylic acids is 1. The number of aliphatic carboxylic acids is 1. The Kier molecular flexibility index (Phi) is 3.94. The van der Waals surface area contributed by atoms with Gasteiger partial charge in [0.25, 0.3) is 0 Å². The van der Waals surface area contributed by atoms with Crippen molar-refractivity contribution in [2.45, 2.75) is 31.7 Å². The van der Waals surface area contributed by atoms with E-state index in [1.165, 1.54) is 0 Å². The van der Waals surface area contributed by atoms with Gasteiger partial charge in [0.05, 0.1) is 0 Å². The highest BCUT2D eigenvalue weighted by molar-refractivity contribution is 5.80. The van der Waals surface area contributed by atoms with Crippen LogP contribution in [-0.2, 0) is 4.79 Å². The highest BCUT2D eigenvalue weighted by atomic mass is 16.4. The molecular formula is C9H16N4O2. The van der Waals surface area contributed by atoms with E-state index in [-0.39, 0.29) is 0 Å². The lowest BCUT2D eigenvalue weighted by Crippen LogP contribution is -2.60. The van der Waals surface area contributed by atoms with Gasteiger partial charge in [0, 0.05) is 11.5 Å². The second-order valence-corrected chi connectivity index (χ2v) is 4.14. The summed E-state index contributed by atoms with van der Waals surface area (Å²) in [6, 6.07) is 0. The molecule has 0 heterocycles. The fraction of sp³-hybridized carbons (Fsp3) is 0.889. The van der Waals surface area contributed by atoms with Crippen molar-refractivity contribution in [2.24, 2.45) is 11.0 Å². The summed E-state index contributed by atoms with van der Waals surface area (Å²) in [6.07, 6.45) is 2.04. The van der Waals surface area contributed by atoms with Crippen LogP contribution in [0.25, 0.3) is 10.4 Å². The third-order valence-corrected chi connectivity index (χ3v) is 2.76. The van der Waals surface area contributed by atoms with E-state index in [4.69, 9.17) is 10.6 Å². The van der Waals surface area contributed by atoms with Crippen LogP contribution < -0.4 is 5.32 Å². The van der Waals surface area contributed by atoms with Crippen LogP contribution in [0.2, 0.25) is 0 Å². The summed E-state index contributed by atoms with van der Waals surface area (Å²) in [5.41, 5.74) is 7.32. The fourth-order valence-electron chi connectivity index (χ4n) is 2.05. The summed E-state index contributed by atoms with van der Waals surface area (Å²) in [5.74, 6) is -0.296. The second kappa shape index (κ2) is 5.00. The Morgan fingerprint density at radius 1 is 1.73 bits per heavy atom. The molecule has 0 spiro atoms. The van der Waals surface area contributed by atoms with Crippen molar-refractivity contribution in [2.75, 3.05) is 13.1 Å². The Morgan fingerprint density at radius 3 is 2.87 bits per heavy atom. The third-order valence-electron chi connectivity index (χ3n) is 2.76. The first kappa shape index (κ1) is 11.8. The molecule has 0 aromatic carbocycles. The molecule has 0 bridgehead atoms. The van der Waals surface area contributed by atoms with Crippen molar-refractivity contribution in [3.05, 3.63) is 10.4 Å². The molecule has 1 fully saturated rings. The Bertz CT molecular complexity index is 280. The van der Waals surface area contributed by atoms with Gasteiger partial charge in [0.2, 0.25) is 0 Å². The summed E-state index contributed by atoms with van der Waals surface area (Å²) in [4.78, 5) is 13.7. The summed E-state index contributed by atoms with van der Waals surface area (Å²) in [5, 5.41) is 15.5. The van der Waals surface area contributed by atoms with Gasteiger partial charge in [-0.2, -0.15) is 0 Å². The quantitative estimate of drug-likeness (QED) is 0.302. The Morgan fingerprint density at radius 2 is 2.40 bits per heavy atom. The molecule has 1 saturated carbocycles. The molecule has 0 aromatic rings. The van der Waals surface area contributed by atoms with Gasteiger partial charge in [-0.05, 0) is 37.3 Å². The van der Waals surface area contributed by atoms with Crippen LogP contribution in [0.4, 0.5) is 0 Å². The van der Waals surface area contributed by atoms with Crippen molar-refractivity contribution in [1.29, 1.82) is 0 Å². The molecule has 0 saturated heterocycles. The molecular weight excluding hydrogens is 196 g/mol. The summed E-state index contributed by atoms with van der Waals surface area (Å²) >= 11 is 0. The van der Waals surface area contributed by atoms with Gasteiger partial charge in [0.1, 0.15) is 5.54 Å². The van der Waals surface area contributed by atoms with Crippen molar-refractivity contribution in [1.82, 2.24) is 5.32 Å². The maximum absolute atomic E-state index is 11.0. The van der Waals surface area contributed by atoms with Crippen LogP contribution in [-0.4, -0.2) is 29.7 Å². The van der Waals surface area contributed by atoms with Gasteiger partial charge < -0.3 is 10.4 Å². The molecule has 15 heavy (non-hydrogen) atoms. The minimum atomic E-state index is -0.774. The van der Waals surface area contributed by atoms with Crippen LogP contribution in [0, 0.1) is 5.92 Å². The lowest BCUT2D eigenvalue weighted by atomic mass is 9.69. The molecule has 0 atom stereocenters. The lowest BCUT2D eigenvalue weighted by molar-refractivity contribution is -0.151. The highest BCUT2D eigenvalue weighted by Gasteiger charge is 2.47. The second-order valence-electron chi connectivity index (χ2n) is 4.14. The van der Waals surface area contributed by atoms with Crippen molar-refractivity contribution in [3.63, 3.8) is 0 Å². The number of carboxylic acid groups (broad SMARTS) is 1. The molecule has 0 radical (unpaired) electrons. The van der Waals surface area contributed by atoms with Gasteiger partial charge in [-0.25, -0.2) is 0 Å². The van der Waals surface area contributed by atoms with Crippen molar-refractivity contribution >= 4 is 5.97 Å². The van der Waals surface area contributed by atoms with E-state index in [2.05, 4.69) is 15.3 Å². The minimum Gasteiger partial charge on any atom is -0.480 e. The lowest BCUT2D eigenvalue weighted by Gasteiger charge is -2.43. The molecule has 0 aromatic heterocycles. The van der Waals surface area contributed by atoms with E-state index < -0.39 is 11.5 Å². The number of nitrogens with one attached hydrogen (secondary N) is 1. The molecule has 2 N–H and O–H groups in total. The van der Waals surface area contributed by atoms with E-state index in [0.29, 0.717) is 38.3 Å². The van der Waals surface area contributed by atoms with Crippen LogP contribution in [0.15, 0.2) is 5.11 Å². The predicted octanol–water partition coefficient (Wildman–Crippen LogP) is 1.53. The standard InChI is InChI=1S/C9H16N4O2/c1-7-5-9(6-7,8(14)15)11-3-2-4-12-13-10/h7,11H,2-6H2,1H3,(H,14,15). The average molecular weight is 212 g/mol. The monoisotopic (exact) mass is 212 g/mol. The van der Waals surface area contributed by atoms with E-state index in [9.17, 15) is 4.79 Å². The summed E-state index contributed by atoms with van der Waals surface area (Å²) < 4.78 is 0. The average Bonchev–Trinajstić information content (AvgIpc) is 2.13. The highest BCUT2D eigenvalue weighted by Crippen LogP contribution is 2.37. The maximum atomic E-state index is 11.0. The van der Waals surface area contributed by atoms with Gasteiger partial charge in [-0.1, -0.05) is 12.0 Å². The van der Waals surface area contributed by atoms with Gasteiger partial charge in [0.15, 0.2) is 0 Å². The zero-order chi connectivity index (χ0) is 11.3. The summed E-state index contributed by atoms with van der Waals surface area (Å²) in [7, 11) is 0. The number of azide groups is 1. The van der Waals surface area contributed by atoms with Gasteiger partial charge >= 0.3 is 5.97 Å². The van der Waals surface area contributed by atoms with E-state index >= 15 is 0 Å². The maximum Gasteiger partial charge on any atom is 0.323 e. The molecule has 0 aliphatic heterocycles. The van der Waals surface area contributed by atoms with Crippen LogP contribution in [0.1, 0.15) is 26.2 Å². The summed E-state index contributed by atoms with van der Waals surface area (Å²) in [6.45, 7) is 3.04. The number of rotatable bonds is 6. The minimum absolute atomic E-state index is 0.411. The van der Waals surface area contributed by atoms with Crippen LogP contribution in [0.5, 0.6) is 0 Å². The van der Waals surface area contributed by atoms with Crippen molar-refractivity contribution in [3.8, 4) is 0 Å². The molecule has 1 rings (SSSR count). The molecule has 1 aliphatic carbocycles. The van der Waals surface area contributed by atoms with Crippen LogP contribution in [0.3, 0.4) is 0 Å². The molecule has 0 unspecified atom stereocenters. The Hall–Kier alpha value is -1.26. The third kappa shape index (κ3) is 2.84. The first-order valence-corrected chi connectivity index (χ1v) is 5.10.